The van der Waals surface area contributed by atoms with Gasteiger partial charge in [-0.2, -0.15) is 0 Å². The Morgan fingerprint density at radius 1 is 0.971 bits per heavy atom. The van der Waals surface area contributed by atoms with Crippen LogP contribution in [0.5, 0.6) is 0 Å². The third kappa shape index (κ3) is 8.60. The van der Waals surface area contributed by atoms with Gasteiger partial charge in [0.25, 0.3) is 0 Å². The number of aromatic nitrogens is 1. The molecule has 0 bridgehead atoms. The average molecular weight is 472 g/mol. The van der Waals surface area contributed by atoms with Crippen LogP contribution in [0.25, 0.3) is 28.3 Å². The van der Waals surface area contributed by atoms with Crippen molar-refractivity contribution in [3.63, 3.8) is 0 Å². The zero-order valence-corrected chi connectivity index (χ0v) is 21.2. The van der Waals surface area contributed by atoms with Crippen molar-refractivity contribution in [2.24, 2.45) is 0 Å². The number of unbranched alkanes of at least 4 members (excludes halogenated alkanes) is 3. The van der Waals surface area contributed by atoms with Crippen LogP contribution in [0, 0.1) is 5.82 Å². The summed E-state index contributed by atoms with van der Waals surface area (Å²) in [7, 11) is 0. The van der Waals surface area contributed by atoms with Gasteiger partial charge in [-0.3, -0.25) is 4.98 Å². The minimum absolute atomic E-state index is 0.204. The number of pyridine rings is 1. The molecule has 0 amide bonds. The average Bonchev–Trinajstić information content (AvgIpc) is 2.87. The molecule has 1 heterocycles. The summed E-state index contributed by atoms with van der Waals surface area (Å²) < 4.78 is 20.7. The first kappa shape index (κ1) is 26.6. The normalized spacial score (nSPS) is 12.2. The van der Waals surface area contributed by atoms with E-state index in [1.54, 1.807) is 6.07 Å². The Hall–Kier alpha value is -3.04. The van der Waals surface area contributed by atoms with Gasteiger partial charge in [-0.25, -0.2) is 4.39 Å². The number of allylic oxidation sites excluding steroid dienone is 2. The molecule has 3 rings (SSSR count). The molecule has 0 saturated heterocycles. The lowest BCUT2D eigenvalue weighted by atomic mass is 9.99. The van der Waals surface area contributed by atoms with Gasteiger partial charge in [0.1, 0.15) is 5.82 Å². The summed E-state index contributed by atoms with van der Waals surface area (Å²) in [5.41, 5.74) is 5.47. The number of hydrogen-bond donors (Lipinski definition) is 0. The highest BCUT2D eigenvalue weighted by Crippen LogP contribution is 2.27. The van der Waals surface area contributed by atoms with Crippen LogP contribution in [0.4, 0.5) is 4.39 Å². The van der Waals surface area contributed by atoms with Gasteiger partial charge in [-0.15, -0.1) is 6.58 Å². The maximum atomic E-state index is 14.9. The minimum Gasteiger partial charge on any atom is -0.379 e. The van der Waals surface area contributed by atoms with Crippen molar-refractivity contribution < 1.29 is 9.13 Å². The molecular weight excluding hydrogens is 433 g/mol. The van der Waals surface area contributed by atoms with Crippen LogP contribution >= 0.6 is 0 Å². The molecule has 0 saturated carbocycles. The molecule has 2 nitrogen and oxygen atoms in total. The zero-order chi connectivity index (χ0) is 24.9. The predicted octanol–water partition coefficient (Wildman–Crippen LogP) is 9.06. The van der Waals surface area contributed by atoms with Gasteiger partial charge in [0.2, 0.25) is 0 Å². The Morgan fingerprint density at radius 3 is 2.43 bits per heavy atom. The molecule has 0 fully saturated rings. The first-order valence-corrected chi connectivity index (χ1v) is 12.8. The van der Waals surface area contributed by atoms with Crippen molar-refractivity contribution in [3.8, 4) is 22.3 Å². The molecule has 0 spiro atoms. The quantitative estimate of drug-likeness (QED) is 0.173. The maximum Gasteiger partial charge on any atom is 0.131 e. The molecule has 0 N–H and O–H groups in total. The Kier molecular flexibility index (Phi) is 10.9. The number of ether oxygens (including phenoxy) is 1. The van der Waals surface area contributed by atoms with Crippen LogP contribution in [0.3, 0.4) is 0 Å². The topological polar surface area (TPSA) is 22.1 Å². The van der Waals surface area contributed by atoms with Gasteiger partial charge in [0, 0.05) is 36.0 Å². The molecule has 1 aromatic heterocycles. The van der Waals surface area contributed by atoms with Crippen molar-refractivity contribution in [1.82, 2.24) is 4.98 Å². The molecular formula is C32H38FNO. The number of hydrogen-bond acceptors (Lipinski definition) is 2. The first-order valence-electron chi connectivity index (χ1n) is 12.8. The van der Waals surface area contributed by atoms with Crippen molar-refractivity contribution in [1.29, 1.82) is 0 Å². The molecule has 0 radical (unpaired) electrons. The fourth-order valence-electron chi connectivity index (χ4n) is 4.04. The van der Waals surface area contributed by atoms with Gasteiger partial charge in [0.15, 0.2) is 0 Å². The molecule has 0 aliphatic carbocycles. The third-order valence-electron chi connectivity index (χ3n) is 6.14. The van der Waals surface area contributed by atoms with E-state index in [0.717, 1.165) is 66.7 Å². The van der Waals surface area contributed by atoms with Crippen LogP contribution in [0.2, 0.25) is 0 Å². The lowest BCUT2D eigenvalue weighted by molar-refractivity contribution is 0.0566. The Morgan fingerprint density at radius 2 is 1.74 bits per heavy atom. The van der Waals surface area contributed by atoms with E-state index in [4.69, 9.17) is 4.74 Å². The van der Waals surface area contributed by atoms with Gasteiger partial charge < -0.3 is 4.74 Å². The highest BCUT2D eigenvalue weighted by atomic mass is 19.1. The zero-order valence-electron chi connectivity index (χ0n) is 21.2. The second kappa shape index (κ2) is 14.4. The van der Waals surface area contributed by atoms with Gasteiger partial charge in [0.05, 0.1) is 6.10 Å². The molecule has 3 heteroatoms. The smallest absolute Gasteiger partial charge is 0.131 e. The van der Waals surface area contributed by atoms with Crippen LogP contribution in [0.15, 0.2) is 79.5 Å². The SMILES string of the molecule is C=CCc1ccc(-c2ccc(-c3ccc(/C=C/CCCC(C)OCCCCC)cc3F)cc2)cn1. The summed E-state index contributed by atoms with van der Waals surface area (Å²) in [5.74, 6) is -0.204. The monoisotopic (exact) mass is 471 g/mol. The van der Waals surface area contributed by atoms with Crippen LogP contribution in [0.1, 0.15) is 63.6 Å². The fourth-order valence-corrected chi connectivity index (χ4v) is 4.04. The summed E-state index contributed by atoms with van der Waals surface area (Å²) in [6.45, 7) is 8.96. The summed E-state index contributed by atoms with van der Waals surface area (Å²) in [6, 6.07) is 17.5. The molecule has 1 unspecified atom stereocenters. The van der Waals surface area contributed by atoms with Gasteiger partial charge >= 0.3 is 0 Å². The third-order valence-corrected chi connectivity index (χ3v) is 6.14. The van der Waals surface area contributed by atoms with Crippen molar-refractivity contribution in [2.45, 2.75) is 64.9 Å². The van der Waals surface area contributed by atoms with E-state index in [-0.39, 0.29) is 5.82 Å². The van der Waals surface area contributed by atoms with E-state index in [9.17, 15) is 4.39 Å². The van der Waals surface area contributed by atoms with E-state index in [1.807, 2.05) is 60.8 Å². The number of nitrogens with zero attached hydrogens (tertiary/aromatic N) is 1. The summed E-state index contributed by atoms with van der Waals surface area (Å²) in [5, 5.41) is 0. The second-order valence-electron chi connectivity index (χ2n) is 9.07. The predicted molar refractivity (Wildman–Crippen MR) is 147 cm³/mol. The largest absolute Gasteiger partial charge is 0.379 e. The molecule has 35 heavy (non-hydrogen) atoms. The summed E-state index contributed by atoms with van der Waals surface area (Å²) in [4.78, 5) is 4.47. The minimum atomic E-state index is -0.204. The van der Waals surface area contributed by atoms with Crippen LogP contribution in [-0.4, -0.2) is 17.7 Å². The van der Waals surface area contributed by atoms with E-state index < -0.39 is 0 Å². The highest BCUT2D eigenvalue weighted by molar-refractivity contribution is 5.71. The molecule has 0 aliphatic rings. The standard InChI is InChI=1S/C32H38FNO/c1-4-6-10-22-35-25(3)12-8-7-9-13-26-14-21-31(32(33)23-26)28-17-15-27(16-18-28)29-19-20-30(11-5-2)34-24-29/h5,9,13-21,23-25H,2,4,6-8,10-12,22H2,1,3H3/b13-9+. The second-order valence-corrected chi connectivity index (χ2v) is 9.07. The van der Waals surface area contributed by atoms with Crippen LogP contribution < -0.4 is 0 Å². The van der Waals surface area contributed by atoms with Gasteiger partial charge in [-0.05, 0) is 61.4 Å². The molecule has 0 aliphatic heterocycles. The lowest BCUT2D eigenvalue weighted by Gasteiger charge is -2.12. The number of benzene rings is 2. The Bertz CT molecular complexity index is 1070. The van der Waals surface area contributed by atoms with Crippen molar-refractivity contribution in [3.05, 3.63) is 96.6 Å². The molecule has 2 aromatic carbocycles. The van der Waals surface area contributed by atoms with E-state index in [0.29, 0.717) is 11.7 Å². The van der Waals surface area contributed by atoms with Crippen molar-refractivity contribution in [2.75, 3.05) is 6.61 Å². The van der Waals surface area contributed by atoms with Gasteiger partial charge in [-0.1, -0.05) is 80.5 Å². The fraction of sp³-hybridized carbons (Fsp3) is 0.344. The lowest BCUT2D eigenvalue weighted by Crippen LogP contribution is -2.08. The molecule has 3 aromatic rings. The maximum absolute atomic E-state index is 14.9. The number of halogens is 1. The van der Waals surface area contributed by atoms with E-state index >= 15 is 0 Å². The van der Waals surface area contributed by atoms with E-state index in [2.05, 4.69) is 37.6 Å². The summed E-state index contributed by atoms with van der Waals surface area (Å²) in [6.07, 6.45) is 15.6. The van der Waals surface area contributed by atoms with Crippen LogP contribution in [-0.2, 0) is 11.2 Å². The highest BCUT2D eigenvalue weighted by Gasteiger charge is 2.07. The Labute approximate surface area is 210 Å². The van der Waals surface area contributed by atoms with E-state index in [1.165, 1.54) is 12.8 Å². The Balaban J connectivity index is 1.51. The molecule has 184 valence electrons. The van der Waals surface area contributed by atoms with Crippen molar-refractivity contribution >= 4 is 6.08 Å². The number of rotatable bonds is 14. The summed E-state index contributed by atoms with van der Waals surface area (Å²) >= 11 is 0. The molecule has 1 atom stereocenters. The first-order chi connectivity index (χ1) is 17.1.